The van der Waals surface area contributed by atoms with E-state index in [-0.39, 0.29) is 5.41 Å². The Hall–Kier alpha value is -6.44. The van der Waals surface area contributed by atoms with Crippen LogP contribution < -0.4 is 4.90 Å². The monoisotopic (exact) mass is 663 g/mol. The van der Waals surface area contributed by atoms with Gasteiger partial charge in [0.05, 0.1) is 11.4 Å². The second-order valence-corrected chi connectivity index (χ2v) is 14.5. The first-order valence-corrected chi connectivity index (χ1v) is 18.2. The second kappa shape index (κ2) is 11.8. The molecule has 0 aromatic heterocycles. The molecule has 1 aliphatic rings. The van der Waals surface area contributed by atoms with Gasteiger partial charge in [-0.2, -0.15) is 0 Å². The molecule has 9 aromatic carbocycles. The molecule has 0 saturated carbocycles. The average molecular weight is 664 g/mol. The van der Waals surface area contributed by atoms with E-state index in [0.29, 0.717) is 0 Å². The Bertz CT molecular complexity index is 2810. The lowest BCUT2D eigenvalue weighted by Crippen LogP contribution is -2.16. The number of para-hydroxylation sites is 1. The van der Waals surface area contributed by atoms with Crippen molar-refractivity contribution >= 4 is 49.4 Å². The molecule has 10 rings (SSSR count). The Morgan fingerprint density at radius 2 is 0.962 bits per heavy atom. The fourth-order valence-electron chi connectivity index (χ4n) is 8.67. The molecule has 246 valence electrons. The molecule has 0 unspecified atom stereocenters. The molecule has 0 amide bonds. The van der Waals surface area contributed by atoms with Crippen LogP contribution in [0.5, 0.6) is 0 Å². The fourth-order valence-corrected chi connectivity index (χ4v) is 8.67. The number of benzene rings is 9. The van der Waals surface area contributed by atoms with Crippen molar-refractivity contribution in [3.05, 3.63) is 199 Å². The molecule has 0 heterocycles. The number of nitrogens with zero attached hydrogens (tertiary/aromatic N) is 1. The van der Waals surface area contributed by atoms with Crippen molar-refractivity contribution in [3.8, 4) is 33.4 Å². The highest BCUT2D eigenvalue weighted by molar-refractivity contribution is 6.17. The van der Waals surface area contributed by atoms with Crippen LogP contribution in [-0.4, -0.2) is 0 Å². The normalized spacial score (nSPS) is 13.0. The second-order valence-electron chi connectivity index (χ2n) is 14.5. The third-order valence-electron chi connectivity index (χ3n) is 11.3. The SMILES string of the molecule is CC1(C)c2ccccc2-c2c(N(c3ccc(-c4ccc5c(ccc6c7ccccc7ccc56)c4)cc3)c3ccccc3-c3ccccc3)cccc21. The minimum atomic E-state index is -0.0923. The molecule has 0 atom stereocenters. The van der Waals surface area contributed by atoms with Crippen LogP contribution >= 0.6 is 0 Å². The van der Waals surface area contributed by atoms with E-state index in [1.54, 1.807) is 0 Å². The van der Waals surface area contributed by atoms with E-state index < -0.39 is 0 Å². The van der Waals surface area contributed by atoms with Crippen LogP contribution in [-0.2, 0) is 5.41 Å². The van der Waals surface area contributed by atoms with E-state index in [1.165, 1.54) is 82.5 Å². The van der Waals surface area contributed by atoms with E-state index in [0.717, 1.165) is 11.4 Å². The Balaban J connectivity index is 1.12. The van der Waals surface area contributed by atoms with Gasteiger partial charge in [0.1, 0.15) is 0 Å². The lowest BCUT2D eigenvalue weighted by molar-refractivity contribution is 0.660. The van der Waals surface area contributed by atoms with Gasteiger partial charge in [0.2, 0.25) is 0 Å². The summed E-state index contributed by atoms with van der Waals surface area (Å²) in [5.74, 6) is 0. The molecule has 0 radical (unpaired) electrons. The van der Waals surface area contributed by atoms with Gasteiger partial charge in [-0.05, 0) is 96.0 Å². The summed E-state index contributed by atoms with van der Waals surface area (Å²) < 4.78 is 0. The van der Waals surface area contributed by atoms with Crippen molar-refractivity contribution in [2.75, 3.05) is 4.90 Å². The van der Waals surface area contributed by atoms with Crippen LogP contribution in [0.4, 0.5) is 17.1 Å². The zero-order chi connectivity index (χ0) is 34.8. The molecule has 0 saturated heterocycles. The van der Waals surface area contributed by atoms with Crippen molar-refractivity contribution < 1.29 is 0 Å². The largest absolute Gasteiger partial charge is 0.309 e. The van der Waals surface area contributed by atoms with Crippen molar-refractivity contribution in [1.29, 1.82) is 0 Å². The summed E-state index contributed by atoms with van der Waals surface area (Å²) in [5.41, 5.74) is 13.6. The van der Waals surface area contributed by atoms with Gasteiger partial charge in [0.15, 0.2) is 0 Å². The maximum absolute atomic E-state index is 2.47. The number of rotatable bonds is 5. The van der Waals surface area contributed by atoms with Gasteiger partial charge in [-0.3, -0.25) is 0 Å². The molecule has 1 aliphatic carbocycles. The zero-order valence-electron chi connectivity index (χ0n) is 29.3. The van der Waals surface area contributed by atoms with Crippen LogP contribution in [0, 0.1) is 0 Å². The van der Waals surface area contributed by atoms with E-state index >= 15 is 0 Å². The van der Waals surface area contributed by atoms with E-state index in [2.05, 4.69) is 207 Å². The smallest absolute Gasteiger partial charge is 0.0543 e. The van der Waals surface area contributed by atoms with Gasteiger partial charge in [-0.25, -0.2) is 0 Å². The van der Waals surface area contributed by atoms with Crippen molar-refractivity contribution in [2.24, 2.45) is 0 Å². The maximum atomic E-state index is 2.47. The maximum Gasteiger partial charge on any atom is 0.0543 e. The number of anilines is 3. The van der Waals surface area contributed by atoms with Gasteiger partial charge in [0.25, 0.3) is 0 Å². The van der Waals surface area contributed by atoms with Gasteiger partial charge in [0, 0.05) is 22.2 Å². The Kier molecular flexibility index (Phi) is 6.91. The van der Waals surface area contributed by atoms with Crippen LogP contribution in [0.2, 0.25) is 0 Å². The number of fused-ring (bicyclic) bond motifs is 8. The topological polar surface area (TPSA) is 3.24 Å². The summed E-state index contributed by atoms with van der Waals surface area (Å²) in [4.78, 5) is 2.47. The minimum absolute atomic E-state index is 0.0923. The molecule has 1 heteroatoms. The summed E-state index contributed by atoms with van der Waals surface area (Å²) in [6.07, 6.45) is 0. The first kappa shape index (κ1) is 30.4. The quantitative estimate of drug-likeness (QED) is 0.166. The predicted octanol–water partition coefficient (Wildman–Crippen LogP) is 14.3. The molecule has 0 fully saturated rings. The molecule has 1 nitrogen and oxygen atoms in total. The third kappa shape index (κ3) is 4.70. The molecular weight excluding hydrogens is 627 g/mol. The van der Waals surface area contributed by atoms with Gasteiger partial charge >= 0.3 is 0 Å². The van der Waals surface area contributed by atoms with E-state index in [9.17, 15) is 0 Å². The van der Waals surface area contributed by atoms with Crippen molar-refractivity contribution in [2.45, 2.75) is 19.3 Å². The standard InChI is InChI=1S/C51H37N/c1-51(2)46-19-10-8-18-45(46)50-47(51)20-12-22-49(50)52(48-21-11-9-17-42(48)35-13-4-3-5-14-35)39-28-23-34(24-29-39)37-26-30-41-38(33-37)27-32-43-40-16-7-6-15-36(40)25-31-44(41)43/h3-33H,1-2H3. The first-order valence-electron chi connectivity index (χ1n) is 18.2. The van der Waals surface area contributed by atoms with E-state index in [4.69, 9.17) is 0 Å². The van der Waals surface area contributed by atoms with Crippen LogP contribution in [0.25, 0.3) is 65.7 Å². The molecular formula is C51H37N. The first-order chi connectivity index (χ1) is 25.6. The Labute approximate surface area is 305 Å². The van der Waals surface area contributed by atoms with Gasteiger partial charge < -0.3 is 4.90 Å². The summed E-state index contributed by atoms with van der Waals surface area (Å²) in [6.45, 7) is 4.71. The molecule has 0 spiro atoms. The molecule has 0 N–H and O–H groups in total. The van der Waals surface area contributed by atoms with Crippen LogP contribution in [0.15, 0.2) is 188 Å². The fraction of sp³-hybridized carbons (Fsp3) is 0.0588. The van der Waals surface area contributed by atoms with Crippen molar-refractivity contribution in [1.82, 2.24) is 0 Å². The minimum Gasteiger partial charge on any atom is -0.309 e. The summed E-state index contributed by atoms with van der Waals surface area (Å²) in [5, 5.41) is 7.72. The van der Waals surface area contributed by atoms with Crippen LogP contribution in [0.1, 0.15) is 25.0 Å². The van der Waals surface area contributed by atoms with Crippen molar-refractivity contribution in [3.63, 3.8) is 0 Å². The highest BCUT2D eigenvalue weighted by Gasteiger charge is 2.37. The summed E-state index contributed by atoms with van der Waals surface area (Å²) in [7, 11) is 0. The average Bonchev–Trinajstić information content (AvgIpc) is 3.44. The summed E-state index contributed by atoms with van der Waals surface area (Å²) >= 11 is 0. The highest BCUT2D eigenvalue weighted by Crippen LogP contribution is 2.54. The zero-order valence-corrected chi connectivity index (χ0v) is 29.3. The Morgan fingerprint density at radius 3 is 1.79 bits per heavy atom. The molecule has 52 heavy (non-hydrogen) atoms. The van der Waals surface area contributed by atoms with Gasteiger partial charge in [-0.15, -0.1) is 0 Å². The summed E-state index contributed by atoms with van der Waals surface area (Å²) in [6, 6.07) is 69.1. The lowest BCUT2D eigenvalue weighted by atomic mass is 9.82. The van der Waals surface area contributed by atoms with Gasteiger partial charge in [-0.1, -0.05) is 172 Å². The van der Waals surface area contributed by atoms with Crippen LogP contribution in [0.3, 0.4) is 0 Å². The molecule has 9 aromatic rings. The number of hydrogen-bond donors (Lipinski definition) is 0. The van der Waals surface area contributed by atoms with E-state index in [1.807, 2.05) is 0 Å². The Morgan fingerprint density at radius 1 is 0.365 bits per heavy atom. The predicted molar refractivity (Wildman–Crippen MR) is 222 cm³/mol. The molecule has 0 bridgehead atoms. The highest BCUT2D eigenvalue weighted by atomic mass is 15.1. The lowest BCUT2D eigenvalue weighted by Gasteiger charge is -2.30. The molecule has 0 aliphatic heterocycles. The number of hydrogen-bond acceptors (Lipinski definition) is 1. The third-order valence-corrected chi connectivity index (χ3v) is 11.3.